The number of carboxylic acid groups (broad SMARTS) is 1. The SMILES string of the molecule is CC(C)C1(CNc2nc3ccccn3c2C(=O)O)CC1. The molecule has 3 rings (SSSR count). The first-order valence-electron chi connectivity index (χ1n) is 6.98. The Morgan fingerprint density at radius 2 is 2.25 bits per heavy atom. The predicted molar refractivity (Wildman–Crippen MR) is 77.1 cm³/mol. The number of carbonyl (C=O) groups is 1. The second-order valence-electron chi connectivity index (χ2n) is 5.91. The number of hydrogen-bond donors (Lipinski definition) is 2. The quantitative estimate of drug-likeness (QED) is 0.879. The van der Waals surface area contributed by atoms with Gasteiger partial charge in [-0.1, -0.05) is 19.9 Å². The van der Waals surface area contributed by atoms with Crippen LogP contribution in [0, 0.1) is 11.3 Å². The van der Waals surface area contributed by atoms with Crippen molar-refractivity contribution in [2.75, 3.05) is 11.9 Å². The van der Waals surface area contributed by atoms with Crippen molar-refractivity contribution in [1.29, 1.82) is 0 Å². The summed E-state index contributed by atoms with van der Waals surface area (Å²) in [5.74, 6) is 0.108. The average molecular weight is 273 g/mol. The molecule has 0 aliphatic heterocycles. The maximum atomic E-state index is 11.5. The zero-order chi connectivity index (χ0) is 14.3. The molecule has 0 amide bonds. The number of imidazole rings is 1. The second-order valence-corrected chi connectivity index (χ2v) is 5.91. The first kappa shape index (κ1) is 13.0. The van der Waals surface area contributed by atoms with Crippen molar-refractivity contribution in [3.05, 3.63) is 30.1 Å². The van der Waals surface area contributed by atoms with Crippen molar-refractivity contribution in [3.63, 3.8) is 0 Å². The Labute approximate surface area is 117 Å². The molecule has 0 saturated heterocycles. The maximum absolute atomic E-state index is 11.5. The molecule has 1 aliphatic rings. The van der Waals surface area contributed by atoms with E-state index < -0.39 is 5.97 Å². The number of carboxylic acids is 1. The van der Waals surface area contributed by atoms with Gasteiger partial charge in [0.05, 0.1) is 0 Å². The van der Waals surface area contributed by atoms with E-state index >= 15 is 0 Å². The standard InChI is InChI=1S/C15H19N3O2/c1-10(2)15(6-7-15)9-16-13-12(14(19)20)18-8-4-3-5-11(18)17-13/h3-5,8,10,16H,6-7,9H2,1-2H3,(H,19,20). The third kappa shape index (κ3) is 2.03. The summed E-state index contributed by atoms with van der Waals surface area (Å²) in [4.78, 5) is 15.9. The number of anilines is 1. The lowest BCUT2D eigenvalue weighted by molar-refractivity contribution is 0.0690. The molecule has 2 N–H and O–H groups in total. The number of fused-ring (bicyclic) bond motifs is 1. The largest absolute Gasteiger partial charge is 0.476 e. The Bertz CT molecular complexity index is 656. The number of nitrogens with one attached hydrogen (secondary N) is 1. The van der Waals surface area contributed by atoms with Gasteiger partial charge < -0.3 is 10.4 Å². The lowest BCUT2D eigenvalue weighted by Gasteiger charge is -2.20. The van der Waals surface area contributed by atoms with Crippen LogP contribution in [-0.2, 0) is 0 Å². The Morgan fingerprint density at radius 3 is 2.85 bits per heavy atom. The van der Waals surface area contributed by atoms with Crippen LogP contribution in [0.15, 0.2) is 24.4 Å². The summed E-state index contributed by atoms with van der Waals surface area (Å²) >= 11 is 0. The summed E-state index contributed by atoms with van der Waals surface area (Å²) in [6.07, 6.45) is 4.13. The number of pyridine rings is 1. The average Bonchev–Trinajstić information content (AvgIpc) is 3.10. The highest BCUT2D eigenvalue weighted by Gasteiger charge is 2.45. The van der Waals surface area contributed by atoms with Crippen LogP contribution in [0.5, 0.6) is 0 Å². The third-order valence-electron chi connectivity index (χ3n) is 4.46. The molecule has 0 radical (unpaired) electrons. The lowest BCUT2D eigenvalue weighted by atomic mass is 9.92. The van der Waals surface area contributed by atoms with Crippen LogP contribution in [-0.4, -0.2) is 27.0 Å². The molecule has 1 saturated carbocycles. The Hall–Kier alpha value is -2.04. The normalized spacial score (nSPS) is 16.6. The van der Waals surface area contributed by atoms with Crippen LogP contribution < -0.4 is 5.32 Å². The minimum absolute atomic E-state index is 0.208. The maximum Gasteiger partial charge on any atom is 0.356 e. The van der Waals surface area contributed by atoms with E-state index in [0.29, 0.717) is 22.8 Å². The van der Waals surface area contributed by atoms with Gasteiger partial charge in [-0.05, 0) is 36.3 Å². The molecule has 5 nitrogen and oxygen atoms in total. The van der Waals surface area contributed by atoms with Crippen molar-refractivity contribution in [2.45, 2.75) is 26.7 Å². The van der Waals surface area contributed by atoms with Gasteiger partial charge in [-0.2, -0.15) is 0 Å². The van der Waals surface area contributed by atoms with E-state index in [1.165, 1.54) is 12.8 Å². The Morgan fingerprint density at radius 1 is 1.50 bits per heavy atom. The van der Waals surface area contributed by atoms with Crippen molar-refractivity contribution in [3.8, 4) is 0 Å². The molecule has 2 aromatic rings. The zero-order valence-electron chi connectivity index (χ0n) is 11.8. The first-order chi connectivity index (χ1) is 9.53. The minimum atomic E-state index is -0.958. The molecule has 0 bridgehead atoms. The smallest absolute Gasteiger partial charge is 0.356 e. The molecular formula is C15H19N3O2. The molecule has 0 spiro atoms. The van der Waals surface area contributed by atoms with E-state index in [2.05, 4.69) is 24.1 Å². The van der Waals surface area contributed by atoms with Gasteiger partial charge in [-0.3, -0.25) is 4.40 Å². The van der Waals surface area contributed by atoms with Crippen molar-refractivity contribution < 1.29 is 9.90 Å². The molecule has 2 heterocycles. The van der Waals surface area contributed by atoms with E-state index in [1.807, 2.05) is 12.1 Å². The molecule has 2 aromatic heterocycles. The number of aromatic carboxylic acids is 1. The van der Waals surface area contributed by atoms with E-state index in [9.17, 15) is 9.90 Å². The van der Waals surface area contributed by atoms with Crippen LogP contribution in [0.25, 0.3) is 5.65 Å². The number of nitrogens with zero attached hydrogens (tertiary/aromatic N) is 2. The third-order valence-corrected chi connectivity index (χ3v) is 4.46. The van der Waals surface area contributed by atoms with Crippen molar-refractivity contribution in [1.82, 2.24) is 9.38 Å². The Kier molecular flexibility index (Phi) is 2.92. The van der Waals surface area contributed by atoms with Crippen LogP contribution in [0.1, 0.15) is 37.2 Å². The summed E-state index contributed by atoms with van der Waals surface area (Å²) in [5, 5.41) is 12.7. The van der Waals surface area contributed by atoms with Gasteiger partial charge in [0.15, 0.2) is 11.5 Å². The van der Waals surface area contributed by atoms with Crippen LogP contribution >= 0.6 is 0 Å². The van der Waals surface area contributed by atoms with E-state index in [4.69, 9.17) is 0 Å². The topological polar surface area (TPSA) is 66.6 Å². The van der Waals surface area contributed by atoms with Crippen LogP contribution in [0.2, 0.25) is 0 Å². The van der Waals surface area contributed by atoms with Gasteiger partial charge in [0.25, 0.3) is 0 Å². The van der Waals surface area contributed by atoms with E-state index in [0.717, 1.165) is 6.54 Å². The highest BCUT2D eigenvalue weighted by atomic mass is 16.4. The fourth-order valence-corrected chi connectivity index (χ4v) is 2.70. The summed E-state index contributed by atoms with van der Waals surface area (Å²) < 4.78 is 1.61. The van der Waals surface area contributed by atoms with Gasteiger partial charge in [-0.15, -0.1) is 0 Å². The number of aromatic nitrogens is 2. The molecule has 1 aliphatic carbocycles. The Balaban J connectivity index is 1.91. The van der Waals surface area contributed by atoms with E-state index in [1.54, 1.807) is 16.7 Å². The first-order valence-corrected chi connectivity index (χ1v) is 6.98. The van der Waals surface area contributed by atoms with Gasteiger partial charge in [0.1, 0.15) is 5.65 Å². The van der Waals surface area contributed by atoms with Crippen LogP contribution in [0.4, 0.5) is 5.82 Å². The number of hydrogen-bond acceptors (Lipinski definition) is 3. The molecule has 106 valence electrons. The molecule has 0 atom stereocenters. The monoisotopic (exact) mass is 273 g/mol. The molecule has 0 unspecified atom stereocenters. The summed E-state index contributed by atoms with van der Waals surface area (Å²) in [5.41, 5.74) is 1.17. The molecule has 20 heavy (non-hydrogen) atoms. The molecule has 0 aromatic carbocycles. The fraction of sp³-hybridized carbons (Fsp3) is 0.467. The molecular weight excluding hydrogens is 254 g/mol. The highest BCUT2D eigenvalue weighted by Crippen LogP contribution is 2.51. The fourth-order valence-electron chi connectivity index (χ4n) is 2.70. The lowest BCUT2D eigenvalue weighted by Crippen LogP contribution is -2.22. The summed E-state index contributed by atoms with van der Waals surface area (Å²) in [7, 11) is 0. The molecule has 5 heteroatoms. The molecule has 1 fully saturated rings. The van der Waals surface area contributed by atoms with Crippen LogP contribution in [0.3, 0.4) is 0 Å². The van der Waals surface area contributed by atoms with Crippen molar-refractivity contribution in [2.24, 2.45) is 11.3 Å². The number of rotatable bonds is 5. The van der Waals surface area contributed by atoms with E-state index in [-0.39, 0.29) is 5.69 Å². The van der Waals surface area contributed by atoms with Gasteiger partial charge in [-0.25, -0.2) is 9.78 Å². The second kappa shape index (κ2) is 4.51. The zero-order valence-corrected chi connectivity index (χ0v) is 11.8. The van der Waals surface area contributed by atoms with Gasteiger partial charge >= 0.3 is 5.97 Å². The summed E-state index contributed by atoms with van der Waals surface area (Å²) in [6, 6.07) is 5.47. The van der Waals surface area contributed by atoms with Gasteiger partial charge in [0.2, 0.25) is 0 Å². The predicted octanol–water partition coefficient (Wildman–Crippen LogP) is 2.88. The van der Waals surface area contributed by atoms with Gasteiger partial charge in [0, 0.05) is 12.7 Å². The minimum Gasteiger partial charge on any atom is -0.476 e. The highest BCUT2D eigenvalue weighted by molar-refractivity contribution is 5.92. The summed E-state index contributed by atoms with van der Waals surface area (Å²) in [6.45, 7) is 5.22. The van der Waals surface area contributed by atoms with Crippen molar-refractivity contribution >= 4 is 17.4 Å².